The molecular formula is C20H28N3O2S+. The molecule has 2 N–H and O–H groups in total. The first-order valence-electron chi connectivity index (χ1n) is 9.21. The summed E-state index contributed by atoms with van der Waals surface area (Å²) in [6.45, 7) is 6.53. The van der Waals surface area contributed by atoms with E-state index in [9.17, 15) is 4.79 Å². The number of nitrogens with one attached hydrogen (secondary N) is 2. The van der Waals surface area contributed by atoms with Crippen molar-refractivity contribution in [2.75, 3.05) is 44.7 Å². The van der Waals surface area contributed by atoms with Crippen LogP contribution in [0.4, 0.5) is 5.69 Å². The van der Waals surface area contributed by atoms with E-state index in [1.165, 1.54) is 9.78 Å². The Morgan fingerprint density at radius 3 is 2.73 bits per heavy atom. The van der Waals surface area contributed by atoms with Crippen LogP contribution in [0, 0.1) is 0 Å². The van der Waals surface area contributed by atoms with Gasteiger partial charge in [0.15, 0.2) is 6.04 Å². The molecule has 0 saturated carbocycles. The highest BCUT2D eigenvalue weighted by Gasteiger charge is 2.29. The van der Waals surface area contributed by atoms with Crippen molar-refractivity contribution in [2.45, 2.75) is 19.4 Å². The van der Waals surface area contributed by atoms with Gasteiger partial charge in [-0.15, -0.1) is 11.3 Å². The van der Waals surface area contributed by atoms with E-state index < -0.39 is 0 Å². The maximum atomic E-state index is 12.5. The SMILES string of the molecule is COc1ccccc1N1CC[NH+]([C@@H](C)C(=O)NCCc2cccs2)CC1. The van der Waals surface area contributed by atoms with Crippen LogP contribution < -0.4 is 19.9 Å². The Morgan fingerprint density at radius 1 is 1.27 bits per heavy atom. The molecule has 0 radical (unpaired) electrons. The van der Waals surface area contributed by atoms with E-state index in [4.69, 9.17) is 4.74 Å². The Morgan fingerprint density at radius 2 is 2.04 bits per heavy atom. The first kappa shape index (κ1) is 18.7. The van der Waals surface area contributed by atoms with Gasteiger partial charge in [-0.3, -0.25) is 4.79 Å². The molecule has 1 saturated heterocycles. The summed E-state index contributed by atoms with van der Waals surface area (Å²) in [5.41, 5.74) is 1.14. The quantitative estimate of drug-likeness (QED) is 0.766. The van der Waals surface area contributed by atoms with Crippen LogP contribution >= 0.6 is 11.3 Å². The normalized spacial score (nSPS) is 16.3. The van der Waals surface area contributed by atoms with Gasteiger partial charge in [-0.2, -0.15) is 0 Å². The molecule has 0 aliphatic carbocycles. The van der Waals surface area contributed by atoms with E-state index in [0.717, 1.165) is 44.0 Å². The number of hydrogen-bond acceptors (Lipinski definition) is 4. The zero-order valence-electron chi connectivity index (χ0n) is 15.5. The van der Waals surface area contributed by atoms with Gasteiger partial charge in [-0.1, -0.05) is 18.2 Å². The summed E-state index contributed by atoms with van der Waals surface area (Å²) >= 11 is 1.74. The number of anilines is 1. The molecule has 140 valence electrons. The van der Waals surface area contributed by atoms with Gasteiger partial charge >= 0.3 is 0 Å². The number of methoxy groups -OCH3 is 1. The Balaban J connectivity index is 1.46. The second-order valence-corrected chi connectivity index (χ2v) is 7.69. The lowest BCUT2D eigenvalue weighted by Crippen LogP contribution is -3.19. The molecule has 1 aromatic carbocycles. The first-order valence-corrected chi connectivity index (χ1v) is 10.1. The molecule has 0 bridgehead atoms. The lowest BCUT2D eigenvalue weighted by Gasteiger charge is -2.36. The van der Waals surface area contributed by atoms with Crippen molar-refractivity contribution in [3.63, 3.8) is 0 Å². The number of piperazine rings is 1. The van der Waals surface area contributed by atoms with Gasteiger partial charge < -0.3 is 19.9 Å². The van der Waals surface area contributed by atoms with Crippen LogP contribution in [-0.4, -0.2) is 51.8 Å². The van der Waals surface area contributed by atoms with Gasteiger partial charge in [0.1, 0.15) is 5.75 Å². The number of hydrogen-bond donors (Lipinski definition) is 2. The Labute approximate surface area is 159 Å². The average Bonchev–Trinajstić information content (AvgIpc) is 3.21. The minimum Gasteiger partial charge on any atom is -0.495 e. The maximum absolute atomic E-state index is 12.5. The lowest BCUT2D eigenvalue weighted by molar-refractivity contribution is -0.914. The number of amides is 1. The summed E-state index contributed by atoms with van der Waals surface area (Å²) < 4.78 is 5.47. The number of carbonyl (C=O) groups is 1. The van der Waals surface area contributed by atoms with Crippen molar-refractivity contribution in [3.8, 4) is 5.75 Å². The molecule has 1 aromatic heterocycles. The molecule has 1 amide bonds. The van der Waals surface area contributed by atoms with Gasteiger partial charge in [-0.25, -0.2) is 0 Å². The molecule has 0 spiro atoms. The summed E-state index contributed by atoms with van der Waals surface area (Å²) in [7, 11) is 1.71. The predicted molar refractivity (Wildman–Crippen MR) is 106 cm³/mol. The largest absolute Gasteiger partial charge is 0.495 e. The lowest BCUT2D eigenvalue weighted by atomic mass is 10.2. The third-order valence-corrected chi connectivity index (χ3v) is 6.02. The van der Waals surface area contributed by atoms with Crippen molar-refractivity contribution < 1.29 is 14.4 Å². The van der Waals surface area contributed by atoms with Crippen LogP contribution in [0.3, 0.4) is 0 Å². The Kier molecular flexibility index (Phi) is 6.52. The van der Waals surface area contributed by atoms with Crippen LogP contribution in [-0.2, 0) is 11.2 Å². The fourth-order valence-corrected chi connectivity index (χ4v) is 4.17. The molecule has 1 aliphatic rings. The summed E-state index contributed by atoms with van der Waals surface area (Å²) in [5.74, 6) is 1.07. The molecule has 1 fully saturated rings. The number of nitrogens with zero attached hydrogens (tertiary/aromatic N) is 1. The van der Waals surface area contributed by atoms with E-state index in [1.807, 2.05) is 25.1 Å². The second kappa shape index (κ2) is 9.05. The van der Waals surface area contributed by atoms with E-state index in [-0.39, 0.29) is 11.9 Å². The van der Waals surface area contributed by atoms with Gasteiger partial charge in [0, 0.05) is 11.4 Å². The van der Waals surface area contributed by atoms with Gasteiger partial charge in [0.2, 0.25) is 0 Å². The van der Waals surface area contributed by atoms with Crippen molar-refractivity contribution in [1.29, 1.82) is 0 Å². The number of thiophene rings is 1. The predicted octanol–water partition coefficient (Wildman–Crippen LogP) is 1.21. The molecule has 0 unspecified atom stereocenters. The average molecular weight is 375 g/mol. The summed E-state index contributed by atoms with van der Waals surface area (Å²) in [6, 6.07) is 12.3. The van der Waals surface area contributed by atoms with Crippen LogP contribution in [0.15, 0.2) is 41.8 Å². The monoisotopic (exact) mass is 374 g/mol. The number of quaternary nitrogens is 1. The number of benzene rings is 1. The zero-order valence-corrected chi connectivity index (χ0v) is 16.3. The number of ether oxygens (including phenoxy) is 1. The molecule has 2 heterocycles. The van der Waals surface area contributed by atoms with Crippen molar-refractivity contribution >= 4 is 22.9 Å². The molecule has 1 atom stereocenters. The molecule has 26 heavy (non-hydrogen) atoms. The minimum atomic E-state index is -0.0156. The van der Waals surface area contributed by atoms with Gasteiger partial charge in [-0.05, 0) is 36.9 Å². The van der Waals surface area contributed by atoms with Crippen LogP contribution in [0.25, 0.3) is 0 Å². The fraction of sp³-hybridized carbons (Fsp3) is 0.450. The third kappa shape index (κ3) is 4.56. The third-order valence-electron chi connectivity index (χ3n) is 5.09. The maximum Gasteiger partial charge on any atom is 0.278 e. The van der Waals surface area contributed by atoms with Gasteiger partial charge in [0.05, 0.1) is 39.0 Å². The second-order valence-electron chi connectivity index (χ2n) is 6.66. The number of para-hydroxylation sites is 2. The topological polar surface area (TPSA) is 46.0 Å². The molecule has 3 rings (SSSR count). The van der Waals surface area contributed by atoms with Gasteiger partial charge in [0.25, 0.3) is 5.91 Å². The molecule has 1 aliphatic heterocycles. The van der Waals surface area contributed by atoms with Crippen LogP contribution in [0.5, 0.6) is 5.75 Å². The van der Waals surface area contributed by atoms with Crippen molar-refractivity contribution in [1.82, 2.24) is 5.32 Å². The van der Waals surface area contributed by atoms with E-state index in [1.54, 1.807) is 18.4 Å². The highest BCUT2D eigenvalue weighted by Crippen LogP contribution is 2.27. The van der Waals surface area contributed by atoms with Crippen molar-refractivity contribution in [3.05, 3.63) is 46.7 Å². The van der Waals surface area contributed by atoms with Crippen LogP contribution in [0.2, 0.25) is 0 Å². The van der Waals surface area contributed by atoms with E-state index in [0.29, 0.717) is 6.54 Å². The van der Waals surface area contributed by atoms with Crippen LogP contribution in [0.1, 0.15) is 11.8 Å². The highest BCUT2D eigenvalue weighted by molar-refractivity contribution is 7.09. The summed E-state index contributed by atoms with van der Waals surface area (Å²) in [4.78, 5) is 17.5. The smallest absolute Gasteiger partial charge is 0.278 e. The Bertz CT molecular complexity index is 697. The fourth-order valence-electron chi connectivity index (χ4n) is 3.46. The Hall–Kier alpha value is -2.05. The standard InChI is InChI=1S/C20H27N3O2S/c1-16(20(24)21-10-9-17-6-5-15-26-17)22-11-13-23(14-12-22)18-7-3-4-8-19(18)25-2/h3-8,15-16H,9-14H2,1-2H3,(H,21,24)/p+1/t16-/m0/s1. The van der Waals surface area contributed by atoms with Crippen molar-refractivity contribution in [2.24, 2.45) is 0 Å². The molecular weight excluding hydrogens is 346 g/mol. The van der Waals surface area contributed by atoms with E-state index in [2.05, 4.69) is 33.8 Å². The first-order chi connectivity index (χ1) is 12.7. The highest BCUT2D eigenvalue weighted by atomic mass is 32.1. The summed E-state index contributed by atoms with van der Waals surface area (Å²) in [6.07, 6.45) is 0.910. The number of carbonyl (C=O) groups excluding carboxylic acids is 1. The molecule has 2 aromatic rings. The molecule has 6 heteroatoms. The zero-order chi connectivity index (χ0) is 18.4. The number of rotatable bonds is 7. The van der Waals surface area contributed by atoms with E-state index >= 15 is 0 Å². The molecule has 5 nitrogen and oxygen atoms in total. The minimum absolute atomic E-state index is 0.0156. The summed E-state index contributed by atoms with van der Waals surface area (Å²) in [5, 5.41) is 5.17.